The Morgan fingerprint density at radius 1 is 0.345 bits per heavy atom. The van der Waals surface area contributed by atoms with E-state index in [-0.39, 0.29) is 0 Å². The minimum Gasteiger partial charge on any atom is -0.455 e. The van der Waals surface area contributed by atoms with Gasteiger partial charge in [0.2, 0.25) is 0 Å². The molecule has 0 aliphatic heterocycles. The molecule has 0 aliphatic rings. The summed E-state index contributed by atoms with van der Waals surface area (Å²) in [6, 6.07) is 72.1. The van der Waals surface area contributed by atoms with Gasteiger partial charge in [0.1, 0.15) is 11.2 Å². The highest BCUT2D eigenvalue weighted by Gasteiger charge is 2.20. The van der Waals surface area contributed by atoms with Crippen LogP contribution < -0.4 is 4.90 Å². The van der Waals surface area contributed by atoms with Gasteiger partial charge in [0.05, 0.1) is 10.4 Å². The minimum atomic E-state index is 0.909. The van der Waals surface area contributed by atoms with Crippen LogP contribution in [0.1, 0.15) is 0 Å². The molecule has 0 N–H and O–H groups in total. The maximum Gasteiger partial charge on any atom is 0.143 e. The molecule has 0 saturated heterocycles. The third-order valence-electron chi connectivity index (χ3n) is 10.9. The summed E-state index contributed by atoms with van der Waals surface area (Å²) >= 11 is 1.88. The molecule has 0 atom stereocenters. The summed E-state index contributed by atoms with van der Waals surface area (Å²) in [5.74, 6) is 0. The summed E-state index contributed by atoms with van der Waals surface area (Å²) in [6.45, 7) is 0. The second-order valence-corrected chi connectivity index (χ2v) is 15.1. The fraction of sp³-hybridized carbons (Fsp3) is 0. The third kappa shape index (κ3) is 5.24. The second-order valence-electron chi connectivity index (χ2n) is 14.0. The Bertz CT molecular complexity index is 3190. The smallest absolute Gasteiger partial charge is 0.143 e. The van der Waals surface area contributed by atoms with E-state index >= 15 is 0 Å². The van der Waals surface area contributed by atoms with Gasteiger partial charge in [-0.3, -0.25) is 0 Å². The number of nitrogens with zero attached hydrogens (tertiary/aromatic N) is 1. The number of fused-ring (bicyclic) bond motifs is 7. The van der Waals surface area contributed by atoms with E-state index in [1.165, 1.54) is 53.2 Å². The minimum absolute atomic E-state index is 0.909. The van der Waals surface area contributed by atoms with Crippen molar-refractivity contribution in [2.45, 2.75) is 0 Å². The Labute approximate surface area is 322 Å². The summed E-state index contributed by atoms with van der Waals surface area (Å²) in [5, 5.41) is 7.33. The number of benzene rings is 9. The molecule has 11 aromatic rings. The number of thiophene rings is 1. The maximum absolute atomic E-state index is 6.44. The average molecular weight is 720 g/mol. The lowest BCUT2D eigenvalue weighted by atomic mass is 9.98. The first-order valence-electron chi connectivity index (χ1n) is 18.7. The van der Waals surface area contributed by atoms with E-state index in [1.807, 2.05) is 23.5 Å². The first kappa shape index (κ1) is 31.6. The predicted octanol–water partition coefficient (Wildman–Crippen LogP) is 15.6. The van der Waals surface area contributed by atoms with Crippen LogP contribution in [0.3, 0.4) is 0 Å². The standard InChI is InChI=1S/C52H33NOS/c1-2-12-35(13-3-1)43-20-10-22-46-47-23-11-24-48(52(47)55-51(43)46)53(38-30-26-36(27-31-38)41-18-8-15-34-14-4-5-16-40(34)41)39-32-28-37(29-33-39)42-19-9-21-45-44-17-6-7-25-49(44)54-50(42)45/h1-33H. The van der Waals surface area contributed by atoms with E-state index in [0.29, 0.717) is 0 Å². The topological polar surface area (TPSA) is 16.4 Å². The number of rotatable bonds is 6. The molecule has 0 bridgehead atoms. The summed E-state index contributed by atoms with van der Waals surface area (Å²) in [6.07, 6.45) is 0. The van der Waals surface area contributed by atoms with Crippen molar-refractivity contribution in [3.05, 3.63) is 200 Å². The Kier molecular flexibility index (Phi) is 7.39. The Balaban J connectivity index is 1.08. The zero-order valence-electron chi connectivity index (χ0n) is 29.8. The molecule has 0 fully saturated rings. The summed E-state index contributed by atoms with van der Waals surface area (Å²) in [7, 11) is 0. The quantitative estimate of drug-likeness (QED) is 0.170. The van der Waals surface area contributed by atoms with Crippen LogP contribution >= 0.6 is 11.3 Å². The van der Waals surface area contributed by atoms with Gasteiger partial charge in [0.15, 0.2) is 0 Å². The number of furan rings is 1. The summed E-state index contributed by atoms with van der Waals surface area (Å²) in [5.41, 5.74) is 12.3. The molecule has 2 aromatic heterocycles. The molecule has 2 heterocycles. The molecule has 2 nitrogen and oxygen atoms in total. The van der Waals surface area contributed by atoms with Crippen molar-refractivity contribution in [2.24, 2.45) is 0 Å². The Morgan fingerprint density at radius 2 is 0.873 bits per heavy atom. The van der Waals surface area contributed by atoms with Gasteiger partial charge in [0.25, 0.3) is 0 Å². The molecule has 0 saturated carbocycles. The van der Waals surface area contributed by atoms with Crippen LogP contribution in [0, 0.1) is 0 Å². The second kappa shape index (κ2) is 12.9. The van der Waals surface area contributed by atoms with Crippen molar-refractivity contribution in [3.8, 4) is 33.4 Å². The normalized spacial score (nSPS) is 11.6. The first-order valence-corrected chi connectivity index (χ1v) is 19.5. The maximum atomic E-state index is 6.44. The largest absolute Gasteiger partial charge is 0.455 e. The SMILES string of the molecule is c1ccc(-c2cccc3c2sc2c(N(c4ccc(-c5cccc6ccccc56)cc4)c4ccc(-c5cccc6c5oc5ccccc56)cc4)cccc23)cc1. The number of hydrogen-bond acceptors (Lipinski definition) is 3. The molecule has 9 aromatic carbocycles. The van der Waals surface area contributed by atoms with Crippen molar-refractivity contribution >= 4 is 81.3 Å². The average Bonchev–Trinajstić information content (AvgIpc) is 3.84. The summed E-state index contributed by atoms with van der Waals surface area (Å²) < 4.78 is 9.00. The monoisotopic (exact) mass is 719 g/mol. The molecule has 0 amide bonds. The van der Waals surface area contributed by atoms with Crippen LogP contribution in [-0.4, -0.2) is 0 Å². The number of hydrogen-bond donors (Lipinski definition) is 0. The summed E-state index contributed by atoms with van der Waals surface area (Å²) in [4.78, 5) is 2.42. The van der Waals surface area contributed by atoms with Crippen molar-refractivity contribution in [3.63, 3.8) is 0 Å². The molecule has 0 radical (unpaired) electrons. The van der Waals surface area contributed by atoms with E-state index < -0.39 is 0 Å². The third-order valence-corrected chi connectivity index (χ3v) is 12.2. The van der Waals surface area contributed by atoms with Crippen LogP contribution in [-0.2, 0) is 0 Å². The number of para-hydroxylation sites is 2. The fourth-order valence-corrected chi connectivity index (χ4v) is 9.63. The van der Waals surface area contributed by atoms with Crippen LogP contribution in [0.25, 0.3) is 86.3 Å². The highest BCUT2D eigenvalue weighted by atomic mass is 32.1. The van der Waals surface area contributed by atoms with Crippen LogP contribution in [0.4, 0.5) is 17.1 Å². The van der Waals surface area contributed by atoms with Gasteiger partial charge in [-0.2, -0.15) is 0 Å². The lowest BCUT2D eigenvalue weighted by Gasteiger charge is -2.26. The van der Waals surface area contributed by atoms with Gasteiger partial charge in [-0.15, -0.1) is 11.3 Å². The lowest BCUT2D eigenvalue weighted by molar-refractivity contribution is 0.670. The Hall–Kier alpha value is -6.94. The van der Waals surface area contributed by atoms with Gasteiger partial charge >= 0.3 is 0 Å². The highest BCUT2D eigenvalue weighted by molar-refractivity contribution is 7.27. The van der Waals surface area contributed by atoms with E-state index in [1.54, 1.807) is 0 Å². The van der Waals surface area contributed by atoms with Gasteiger partial charge in [-0.05, 0) is 75.0 Å². The van der Waals surface area contributed by atoms with E-state index in [4.69, 9.17) is 4.42 Å². The van der Waals surface area contributed by atoms with Crippen molar-refractivity contribution in [2.75, 3.05) is 4.90 Å². The molecule has 11 rings (SSSR count). The van der Waals surface area contributed by atoms with Crippen molar-refractivity contribution in [1.29, 1.82) is 0 Å². The van der Waals surface area contributed by atoms with Gasteiger partial charge in [-0.25, -0.2) is 0 Å². The van der Waals surface area contributed by atoms with Gasteiger partial charge in [0, 0.05) is 43.2 Å². The van der Waals surface area contributed by atoms with Crippen molar-refractivity contribution in [1.82, 2.24) is 0 Å². The highest BCUT2D eigenvalue weighted by Crippen LogP contribution is 2.48. The zero-order chi connectivity index (χ0) is 36.3. The van der Waals surface area contributed by atoms with E-state index in [9.17, 15) is 0 Å². The molecule has 0 spiro atoms. The Morgan fingerprint density at radius 3 is 1.65 bits per heavy atom. The van der Waals surface area contributed by atoms with Crippen molar-refractivity contribution < 1.29 is 4.42 Å². The molecule has 258 valence electrons. The van der Waals surface area contributed by atoms with Gasteiger partial charge < -0.3 is 9.32 Å². The molecule has 0 aliphatic carbocycles. The van der Waals surface area contributed by atoms with Gasteiger partial charge in [-0.1, -0.05) is 164 Å². The zero-order valence-corrected chi connectivity index (χ0v) is 30.6. The fourth-order valence-electron chi connectivity index (χ4n) is 8.29. The lowest BCUT2D eigenvalue weighted by Crippen LogP contribution is -2.10. The van der Waals surface area contributed by atoms with Crippen LogP contribution in [0.2, 0.25) is 0 Å². The number of anilines is 3. The first-order chi connectivity index (χ1) is 27.3. The molecule has 55 heavy (non-hydrogen) atoms. The molecular formula is C52H33NOS. The van der Waals surface area contributed by atoms with Crippen LogP contribution in [0.5, 0.6) is 0 Å². The predicted molar refractivity (Wildman–Crippen MR) is 235 cm³/mol. The molecule has 3 heteroatoms. The van der Waals surface area contributed by atoms with E-state index in [0.717, 1.165) is 50.1 Å². The molecular weight excluding hydrogens is 687 g/mol. The van der Waals surface area contributed by atoms with E-state index in [2.05, 4.69) is 193 Å². The molecule has 0 unspecified atom stereocenters. The van der Waals surface area contributed by atoms with Crippen LogP contribution in [0.15, 0.2) is 205 Å².